The van der Waals surface area contributed by atoms with E-state index >= 15 is 0 Å². The Morgan fingerprint density at radius 3 is 1.64 bits per heavy atom. The van der Waals surface area contributed by atoms with Crippen LogP contribution in [0.4, 0.5) is 11.4 Å². The van der Waals surface area contributed by atoms with E-state index in [9.17, 15) is 0 Å². The number of benzene rings is 5. The Bertz CT molecular complexity index is 1440. The molecule has 1 heteroatoms. The van der Waals surface area contributed by atoms with Crippen LogP contribution in [0.3, 0.4) is 0 Å². The SMILES string of the molecule is CC.CC.Cc1ccc(N(C=C(c2ccccc2)c2ccccc2)c2ccc(C3CC3)cc2)c2ccccc12. The van der Waals surface area contributed by atoms with E-state index in [0.29, 0.717) is 0 Å². The van der Waals surface area contributed by atoms with Crippen molar-refractivity contribution in [3.8, 4) is 0 Å². The molecule has 0 aliphatic heterocycles. The summed E-state index contributed by atoms with van der Waals surface area (Å²) in [7, 11) is 0. The Morgan fingerprint density at radius 2 is 1.10 bits per heavy atom. The molecule has 0 unspecified atom stereocenters. The van der Waals surface area contributed by atoms with E-state index in [1.807, 2.05) is 27.7 Å². The molecule has 0 saturated heterocycles. The molecule has 0 N–H and O–H groups in total. The van der Waals surface area contributed by atoms with Gasteiger partial charge in [-0.2, -0.15) is 0 Å². The van der Waals surface area contributed by atoms with E-state index in [2.05, 4.69) is 139 Å². The molecule has 0 amide bonds. The topological polar surface area (TPSA) is 3.24 Å². The van der Waals surface area contributed by atoms with Crippen molar-refractivity contribution in [1.82, 2.24) is 0 Å². The summed E-state index contributed by atoms with van der Waals surface area (Å²) in [5, 5.41) is 2.55. The van der Waals surface area contributed by atoms with Gasteiger partial charge in [-0.25, -0.2) is 0 Å². The number of hydrogen-bond donors (Lipinski definition) is 0. The second kappa shape index (κ2) is 13.6. The van der Waals surface area contributed by atoms with E-state index in [4.69, 9.17) is 0 Å². The van der Waals surface area contributed by atoms with Crippen molar-refractivity contribution in [3.05, 3.63) is 150 Å². The van der Waals surface area contributed by atoms with Gasteiger partial charge in [-0.1, -0.05) is 131 Å². The van der Waals surface area contributed by atoms with Crippen LogP contribution >= 0.6 is 0 Å². The second-order valence-electron chi connectivity index (χ2n) is 9.46. The van der Waals surface area contributed by atoms with Gasteiger partial charge in [-0.15, -0.1) is 0 Å². The third-order valence-corrected chi connectivity index (χ3v) is 7.03. The van der Waals surface area contributed by atoms with Gasteiger partial charge in [0.2, 0.25) is 0 Å². The molecular weight excluding hydrogens is 470 g/mol. The molecule has 0 atom stereocenters. The lowest BCUT2D eigenvalue weighted by Gasteiger charge is -2.25. The van der Waals surface area contributed by atoms with E-state index < -0.39 is 0 Å². The fourth-order valence-corrected chi connectivity index (χ4v) is 4.93. The van der Waals surface area contributed by atoms with E-state index in [-0.39, 0.29) is 0 Å². The Labute approximate surface area is 235 Å². The summed E-state index contributed by atoms with van der Waals surface area (Å²) in [6.07, 6.45) is 4.95. The highest BCUT2D eigenvalue weighted by Gasteiger charge is 2.23. The molecule has 0 aromatic heterocycles. The van der Waals surface area contributed by atoms with Gasteiger partial charge in [0.15, 0.2) is 0 Å². The number of fused-ring (bicyclic) bond motifs is 1. The second-order valence-corrected chi connectivity index (χ2v) is 9.46. The highest BCUT2D eigenvalue weighted by atomic mass is 15.1. The summed E-state index contributed by atoms with van der Waals surface area (Å²) in [6, 6.07) is 43.8. The van der Waals surface area contributed by atoms with Crippen LogP contribution in [0.1, 0.15) is 68.7 Å². The fraction of sp³-hybridized carbons (Fsp3) is 0.211. The number of rotatable bonds is 6. The molecule has 1 aliphatic rings. The molecule has 0 bridgehead atoms. The molecule has 1 fully saturated rings. The molecule has 198 valence electrons. The molecule has 6 rings (SSSR count). The maximum Gasteiger partial charge on any atom is 0.0534 e. The van der Waals surface area contributed by atoms with E-state index in [0.717, 1.165) is 5.92 Å². The van der Waals surface area contributed by atoms with Crippen LogP contribution in [0.2, 0.25) is 0 Å². The van der Waals surface area contributed by atoms with Crippen molar-refractivity contribution in [2.75, 3.05) is 4.90 Å². The van der Waals surface area contributed by atoms with Crippen LogP contribution in [-0.4, -0.2) is 0 Å². The average Bonchev–Trinajstić information content (AvgIpc) is 3.88. The molecule has 39 heavy (non-hydrogen) atoms. The predicted octanol–water partition coefficient (Wildman–Crippen LogP) is 11.3. The maximum atomic E-state index is 2.37. The highest BCUT2D eigenvalue weighted by molar-refractivity contribution is 5.99. The summed E-state index contributed by atoms with van der Waals surface area (Å²) in [6.45, 7) is 10.2. The minimum atomic E-state index is 0.748. The van der Waals surface area contributed by atoms with Crippen LogP contribution in [0.5, 0.6) is 0 Å². The van der Waals surface area contributed by atoms with Crippen LogP contribution in [-0.2, 0) is 0 Å². The molecule has 0 heterocycles. The zero-order valence-corrected chi connectivity index (χ0v) is 24.1. The lowest BCUT2D eigenvalue weighted by Crippen LogP contribution is -2.11. The van der Waals surface area contributed by atoms with Crippen LogP contribution < -0.4 is 4.90 Å². The first kappa shape index (κ1) is 27.9. The Hall–Kier alpha value is -4.10. The first-order chi connectivity index (χ1) is 19.3. The minimum Gasteiger partial charge on any atom is -0.316 e. The smallest absolute Gasteiger partial charge is 0.0534 e. The van der Waals surface area contributed by atoms with Crippen molar-refractivity contribution < 1.29 is 0 Å². The molecule has 1 nitrogen and oxygen atoms in total. The van der Waals surface area contributed by atoms with Crippen LogP contribution in [0.25, 0.3) is 16.3 Å². The zero-order valence-electron chi connectivity index (χ0n) is 24.1. The minimum absolute atomic E-state index is 0.748. The lowest BCUT2D eigenvalue weighted by molar-refractivity contribution is 1.13. The Kier molecular flexibility index (Phi) is 9.75. The zero-order chi connectivity index (χ0) is 27.6. The first-order valence-electron chi connectivity index (χ1n) is 14.5. The molecule has 1 saturated carbocycles. The highest BCUT2D eigenvalue weighted by Crippen LogP contribution is 2.42. The van der Waals surface area contributed by atoms with Gasteiger partial charge < -0.3 is 4.90 Å². The third kappa shape index (κ3) is 6.49. The molecule has 5 aromatic carbocycles. The number of aryl methyl sites for hydroxylation is 1. The van der Waals surface area contributed by atoms with Crippen LogP contribution in [0, 0.1) is 6.92 Å². The van der Waals surface area contributed by atoms with E-state index in [1.165, 1.54) is 62.8 Å². The monoisotopic (exact) mass is 511 g/mol. The Morgan fingerprint density at radius 1 is 0.590 bits per heavy atom. The van der Waals surface area contributed by atoms with E-state index in [1.54, 1.807) is 0 Å². The van der Waals surface area contributed by atoms with Gasteiger partial charge in [0.1, 0.15) is 0 Å². The molecule has 0 radical (unpaired) electrons. The third-order valence-electron chi connectivity index (χ3n) is 7.03. The van der Waals surface area contributed by atoms with Crippen molar-refractivity contribution >= 4 is 27.7 Å². The summed E-state index contributed by atoms with van der Waals surface area (Å²) < 4.78 is 0. The Balaban J connectivity index is 0.000000845. The summed E-state index contributed by atoms with van der Waals surface area (Å²) in [4.78, 5) is 2.37. The largest absolute Gasteiger partial charge is 0.316 e. The van der Waals surface area contributed by atoms with Crippen molar-refractivity contribution in [1.29, 1.82) is 0 Å². The molecule has 5 aromatic rings. The number of anilines is 2. The standard InChI is InChI=1S/C34H29N.2C2H6/c1-25-16-23-34(32-15-9-8-14-31(25)32)35(30-21-19-27(20-22-30)26-17-18-26)24-33(28-10-4-2-5-11-28)29-12-6-3-7-13-29;2*1-2/h2-16,19-24,26H,17-18H2,1H3;2*1-2H3. The van der Waals surface area contributed by atoms with Gasteiger partial charge in [0.25, 0.3) is 0 Å². The van der Waals surface area contributed by atoms with Gasteiger partial charge in [-0.3, -0.25) is 0 Å². The molecule has 0 spiro atoms. The van der Waals surface area contributed by atoms with Gasteiger partial charge in [0, 0.05) is 22.8 Å². The number of hydrogen-bond acceptors (Lipinski definition) is 1. The summed E-state index contributed by atoms with van der Waals surface area (Å²) in [5.74, 6) is 0.748. The number of nitrogens with zero attached hydrogens (tertiary/aromatic N) is 1. The van der Waals surface area contributed by atoms with Gasteiger partial charge >= 0.3 is 0 Å². The lowest BCUT2D eigenvalue weighted by atomic mass is 9.98. The average molecular weight is 512 g/mol. The fourth-order valence-electron chi connectivity index (χ4n) is 4.93. The van der Waals surface area contributed by atoms with Gasteiger partial charge in [-0.05, 0) is 71.5 Å². The maximum absolute atomic E-state index is 2.37. The molecular formula is C38H41N. The first-order valence-corrected chi connectivity index (χ1v) is 14.5. The van der Waals surface area contributed by atoms with Crippen LogP contribution in [0.15, 0.2) is 128 Å². The van der Waals surface area contributed by atoms with Crippen molar-refractivity contribution in [2.45, 2.75) is 53.4 Å². The summed E-state index contributed by atoms with van der Waals surface area (Å²) in [5.41, 5.74) is 8.72. The normalized spacial score (nSPS) is 11.9. The van der Waals surface area contributed by atoms with Crippen molar-refractivity contribution in [2.24, 2.45) is 0 Å². The molecule has 1 aliphatic carbocycles. The summed E-state index contributed by atoms with van der Waals surface area (Å²) >= 11 is 0. The predicted molar refractivity (Wildman–Crippen MR) is 172 cm³/mol. The van der Waals surface area contributed by atoms with Crippen molar-refractivity contribution in [3.63, 3.8) is 0 Å². The van der Waals surface area contributed by atoms with Gasteiger partial charge in [0.05, 0.1) is 5.69 Å². The quantitative estimate of drug-likeness (QED) is 0.219.